The molecule has 0 N–H and O–H groups in total. The summed E-state index contributed by atoms with van der Waals surface area (Å²) in [5.74, 6) is 0. The van der Waals surface area contributed by atoms with Gasteiger partial charge >= 0.3 is 0 Å². The van der Waals surface area contributed by atoms with Gasteiger partial charge in [-0.25, -0.2) is 0 Å². The van der Waals surface area contributed by atoms with Crippen LogP contribution in [0.5, 0.6) is 0 Å². The normalized spacial score (nSPS) is 11.6. The SMILES string of the molecule is Clc1ccc(Br)c(C=Cc2cc(Br)c(C=Cc3cc(Cl)ccc3Br)cc2Br)c1. The van der Waals surface area contributed by atoms with E-state index in [4.69, 9.17) is 23.2 Å². The topological polar surface area (TPSA) is 0 Å². The molecule has 0 nitrogen and oxygen atoms in total. The second kappa shape index (κ2) is 10.1. The molecule has 0 aliphatic carbocycles. The second-order valence-corrected chi connectivity index (χ2v) is 10.2. The van der Waals surface area contributed by atoms with Crippen LogP contribution < -0.4 is 0 Å². The lowest BCUT2D eigenvalue weighted by Gasteiger charge is -2.06. The van der Waals surface area contributed by atoms with Gasteiger partial charge in [-0.15, -0.1) is 0 Å². The van der Waals surface area contributed by atoms with Crippen LogP contribution in [-0.4, -0.2) is 0 Å². The van der Waals surface area contributed by atoms with Crippen molar-refractivity contribution in [3.05, 3.63) is 98.7 Å². The summed E-state index contributed by atoms with van der Waals surface area (Å²) in [5, 5.41) is 1.41. The summed E-state index contributed by atoms with van der Waals surface area (Å²) in [6.07, 6.45) is 8.15. The van der Waals surface area contributed by atoms with Crippen LogP contribution in [-0.2, 0) is 0 Å². The summed E-state index contributed by atoms with van der Waals surface area (Å²) in [5.41, 5.74) is 4.15. The Morgan fingerprint density at radius 2 is 0.786 bits per heavy atom. The van der Waals surface area contributed by atoms with Gasteiger partial charge in [-0.05, 0) is 70.8 Å². The molecular formula is C22H12Br4Cl2. The van der Waals surface area contributed by atoms with Gasteiger partial charge in [0.05, 0.1) is 0 Å². The molecule has 3 aromatic rings. The minimum atomic E-state index is 0.704. The highest BCUT2D eigenvalue weighted by molar-refractivity contribution is 9.11. The maximum Gasteiger partial charge on any atom is 0.0412 e. The van der Waals surface area contributed by atoms with Gasteiger partial charge in [0.1, 0.15) is 0 Å². The molecule has 0 bridgehead atoms. The largest absolute Gasteiger partial charge is 0.0843 e. The number of halogens is 6. The predicted octanol–water partition coefficient (Wildman–Crippen LogP) is 10.4. The highest BCUT2D eigenvalue weighted by Gasteiger charge is 2.05. The Morgan fingerprint density at radius 1 is 0.464 bits per heavy atom. The molecule has 0 unspecified atom stereocenters. The van der Waals surface area contributed by atoms with E-state index >= 15 is 0 Å². The maximum absolute atomic E-state index is 6.09. The average Bonchev–Trinajstić information content (AvgIpc) is 2.66. The summed E-state index contributed by atoms with van der Waals surface area (Å²) >= 11 is 26.6. The Bertz CT molecular complexity index is 1000. The molecule has 0 radical (unpaired) electrons. The summed E-state index contributed by atoms with van der Waals surface area (Å²) in [6, 6.07) is 15.6. The van der Waals surface area contributed by atoms with Crippen LogP contribution in [0.25, 0.3) is 24.3 Å². The monoisotopic (exact) mass is 662 g/mol. The lowest BCUT2D eigenvalue weighted by molar-refractivity contribution is 1.52. The van der Waals surface area contributed by atoms with Crippen molar-refractivity contribution < 1.29 is 0 Å². The molecule has 0 amide bonds. The Morgan fingerprint density at radius 3 is 1.14 bits per heavy atom. The standard InChI is InChI=1S/C22H12Br4Cl2/c23-19-7-5-17(27)9-13(19)1-3-15-11-22(26)16(12-21(15)25)4-2-14-10-18(28)6-8-20(14)24/h1-12H. The van der Waals surface area contributed by atoms with Gasteiger partial charge in [-0.1, -0.05) is 111 Å². The molecule has 0 fully saturated rings. The minimum absolute atomic E-state index is 0.704. The van der Waals surface area contributed by atoms with Gasteiger partial charge in [0, 0.05) is 27.9 Å². The average molecular weight is 667 g/mol. The van der Waals surface area contributed by atoms with Crippen LogP contribution in [0, 0.1) is 0 Å². The zero-order valence-corrected chi connectivity index (χ0v) is 22.1. The van der Waals surface area contributed by atoms with Crippen molar-refractivity contribution >= 4 is 111 Å². The lowest BCUT2D eigenvalue weighted by atomic mass is 10.1. The molecule has 142 valence electrons. The number of rotatable bonds is 4. The molecular weight excluding hydrogens is 655 g/mol. The molecule has 0 heterocycles. The minimum Gasteiger partial charge on any atom is -0.0843 e. The van der Waals surface area contributed by atoms with E-state index in [0.717, 1.165) is 40.1 Å². The van der Waals surface area contributed by atoms with Crippen molar-refractivity contribution in [1.82, 2.24) is 0 Å². The third-order valence-electron chi connectivity index (χ3n) is 3.92. The van der Waals surface area contributed by atoms with Crippen molar-refractivity contribution in [2.24, 2.45) is 0 Å². The highest BCUT2D eigenvalue weighted by atomic mass is 79.9. The van der Waals surface area contributed by atoms with E-state index in [2.05, 4.69) is 75.9 Å². The van der Waals surface area contributed by atoms with E-state index in [-0.39, 0.29) is 0 Å². The van der Waals surface area contributed by atoms with Crippen molar-refractivity contribution in [2.75, 3.05) is 0 Å². The van der Waals surface area contributed by atoms with Gasteiger partial charge < -0.3 is 0 Å². The fourth-order valence-corrected chi connectivity index (χ4v) is 4.58. The molecule has 6 heteroatoms. The van der Waals surface area contributed by atoms with E-state index in [1.54, 1.807) is 0 Å². The van der Waals surface area contributed by atoms with Crippen LogP contribution >= 0.6 is 86.9 Å². The van der Waals surface area contributed by atoms with Crippen molar-refractivity contribution in [2.45, 2.75) is 0 Å². The number of hydrogen-bond donors (Lipinski definition) is 0. The first-order valence-electron chi connectivity index (χ1n) is 8.09. The van der Waals surface area contributed by atoms with Crippen LogP contribution in [0.15, 0.2) is 66.4 Å². The molecule has 0 aliphatic heterocycles. The van der Waals surface area contributed by atoms with E-state index in [0.29, 0.717) is 10.0 Å². The van der Waals surface area contributed by atoms with Crippen molar-refractivity contribution in [1.29, 1.82) is 0 Å². The summed E-state index contributed by atoms with van der Waals surface area (Å²) < 4.78 is 3.98. The molecule has 0 aliphatic rings. The summed E-state index contributed by atoms with van der Waals surface area (Å²) in [7, 11) is 0. The van der Waals surface area contributed by atoms with Crippen LogP contribution in [0.2, 0.25) is 10.0 Å². The van der Waals surface area contributed by atoms with Gasteiger partial charge in [0.2, 0.25) is 0 Å². The van der Waals surface area contributed by atoms with E-state index < -0.39 is 0 Å². The molecule has 0 spiro atoms. The van der Waals surface area contributed by atoms with Crippen LogP contribution in [0.4, 0.5) is 0 Å². The summed E-state index contributed by atoms with van der Waals surface area (Å²) in [4.78, 5) is 0. The van der Waals surface area contributed by atoms with Crippen molar-refractivity contribution in [3.63, 3.8) is 0 Å². The quantitative estimate of drug-likeness (QED) is 0.243. The third kappa shape index (κ3) is 5.84. The van der Waals surface area contributed by atoms with E-state index in [1.165, 1.54) is 0 Å². The second-order valence-electron chi connectivity index (χ2n) is 5.89. The molecule has 0 atom stereocenters. The fourth-order valence-electron chi connectivity index (χ4n) is 2.48. The van der Waals surface area contributed by atoms with Crippen LogP contribution in [0.3, 0.4) is 0 Å². The zero-order valence-electron chi connectivity index (χ0n) is 14.2. The third-order valence-corrected chi connectivity index (χ3v) is 7.21. The van der Waals surface area contributed by atoms with Crippen molar-refractivity contribution in [3.8, 4) is 0 Å². The first kappa shape index (κ1) is 22.3. The molecule has 28 heavy (non-hydrogen) atoms. The first-order chi connectivity index (χ1) is 13.3. The Hall–Kier alpha value is -0.360. The summed E-state index contributed by atoms with van der Waals surface area (Å²) in [6.45, 7) is 0. The van der Waals surface area contributed by atoms with E-state index in [1.807, 2.05) is 60.7 Å². The Kier molecular flexibility index (Phi) is 8.05. The van der Waals surface area contributed by atoms with Gasteiger partial charge in [-0.3, -0.25) is 0 Å². The molecule has 0 saturated carbocycles. The van der Waals surface area contributed by atoms with Gasteiger partial charge in [-0.2, -0.15) is 0 Å². The predicted molar refractivity (Wildman–Crippen MR) is 138 cm³/mol. The Balaban J connectivity index is 1.88. The highest BCUT2D eigenvalue weighted by Crippen LogP contribution is 2.31. The van der Waals surface area contributed by atoms with Gasteiger partial charge in [0.15, 0.2) is 0 Å². The van der Waals surface area contributed by atoms with Gasteiger partial charge in [0.25, 0.3) is 0 Å². The maximum atomic E-state index is 6.09. The number of hydrogen-bond acceptors (Lipinski definition) is 0. The number of benzene rings is 3. The fraction of sp³-hybridized carbons (Fsp3) is 0. The van der Waals surface area contributed by atoms with Crippen LogP contribution in [0.1, 0.15) is 22.3 Å². The molecule has 3 aromatic carbocycles. The smallest absolute Gasteiger partial charge is 0.0412 e. The molecule has 0 saturated heterocycles. The first-order valence-corrected chi connectivity index (χ1v) is 12.0. The lowest BCUT2D eigenvalue weighted by Crippen LogP contribution is -1.83. The molecule has 0 aromatic heterocycles. The zero-order chi connectivity index (χ0) is 20.3. The Labute approximate surface area is 208 Å². The van der Waals surface area contributed by atoms with E-state index in [9.17, 15) is 0 Å². The molecule has 3 rings (SSSR count).